The minimum absolute atomic E-state index is 0.107. The maximum atomic E-state index is 13.3. The molecule has 1 fully saturated rings. The smallest absolute Gasteiger partial charge is 0.142 e. The van der Waals surface area contributed by atoms with Crippen molar-refractivity contribution in [3.8, 4) is 0 Å². The number of hydrogen-bond acceptors (Lipinski definition) is 2. The van der Waals surface area contributed by atoms with Gasteiger partial charge in [0.25, 0.3) is 0 Å². The number of aliphatic hydroxyl groups is 1. The number of benzene rings is 1. The van der Waals surface area contributed by atoms with E-state index in [9.17, 15) is 9.50 Å². The number of rotatable bonds is 5. The quantitative estimate of drug-likeness (QED) is 0.880. The summed E-state index contributed by atoms with van der Waals surface area (Å²) >= 11 is 5.63. The molecule has 0 aromatic heterocycles. The molecule has 1 N–H and O–H groups in total. The first-order chi connectivity index (χ1) is 8.05. The first-order valence-electron chi connectivity index (χ1n) is 5.70. The van der Waals surface area contributed by atoms with Gasteiger partial charge in [-0.15, -0.1) is 0 Å². The summed E-state index contributed by atoms with van der Waals surface area (Å²) in [5.74, 6) is -0.180. The zero-order valence-electron chi connectivity index (χ0n) is 9.75. The maximum absolute atomic E-state index is 13.3. The Morgan fingerprint density at radius 3 is 2.76 bits per heavy atom. The molecule has 4 heteroatoms. The Balaban J connectivity index is 2.14. The van der Waals surface area contributed by atoms with Crippen LogP contribution in [0.4, 0.5) is 4.39 Å². The predicted octanol–water partition coefficient (Wildman–Crippen LogP) is 2.81. The fourth-order valence-corrected chi connectivity index (χ4v) is 2.30. The number of halogens is 2. The number of methoxy groups -OCH3 is 1. The lowest BCUT2D eigenvalue weighted by molar-refractivity contribution is -0.0474. The van der Waals surface area contributed by atoms with E-state index in [0.717, 1.165) is 18.4 Å². The second kappa shape index (κ2) is 4.92. The fourth-order valence-electron chi connectivity index (χ4n) is 2.19. The SMILES string of the molecule is COCC(O)(Cc1ccc(Cl)c(F)c1)C1CC1. The highest BCUT2D eigenvalue weighted by Crippen LogP contribution is 2.41. The molecule has 1 aliphatic carbocycles. The van der Waals surface area contributed by atoms with Gasteiger partial charge in [-0.2, -0.15) is 0 Å². The first-order valence-corrected chi connectivity index (χ1v) is 6.08. The molecule has 1 saturated carbocycles. The van der Waals surface area contributed by atoms with Gasteiger partial charge >= 0.3 is 0 Å². The summed E-state index contributed by atoms with van der Waals surface area (Å²) in [6.45, 7) is 0.280. The summed E-state index contributed by atoms with van der Waals surface area (Å²) in [6.07, 6.45) is 2.42. The third kappa shape index (κ3) is 2.97. The predicted molar refractivity (Wildman–Crippen MR) is 64.7 cm³/mol. The minimum Gasteiger partial charge on any atom is -0.387 e. The van der Waals surface area contributed by atoms with Crippen LogP contribution in [-0.2, 0) is 11.2 Å². The number of ether oxygens (including phenoxy) is 1. The summed E-state index contributed by atoms with van der Waals surface area (Å²) in [5.41, 5.74) is -0.131. The zero-order valence-corrected chi connectivity index (χ0v) is 10.5. The lowest BCUT2D eigenvalue weighted by Crippen LogP contribution is -2.39. The Bertz CT molecular complexity index is 406. The van der Waals surface area contributed by atoms with Crippen molar-refractivity contribution in [2.75, 3.05) is 13.7 Å². The molecule has 0 heterocycles. The molecule has 0 aliphatic heterocycles. The Kier molecular flexibility index (Phi) is 3.71. The lowest BCUT2D eigenvalue weighted by Gasteiger charge is -2.27. The summed E-state index contributed by atoms with van der Waals surface area (Å²) in [4.78, 5) is 0. The summed E-state index contributed by atoms with van der Waals surface area (Å²) in [6, 6.07) is 4.64. The van der Waals surface area contributed by atoms with Crippen LogP contribution in [0.5, 0.6) is 0 Å². The van der Waals surface area contributed by atoms with Crippen LogP contribution in [-0.4, -0.2) is 24.4 Å². The van der Waals surface area contributed by atoms with Crippen molar-refractivity contribution >= 4 is 11.6 Å². The minimum atomic E-state index is -0.880. The molecular formula is C13H16ClFO2. The second-order valence-corrected chi connectivity index (χ2v) is 5.14. The molecule has 0 saturated heterocycles. The van der Waals surface area contributed by atoms with Crippen molar-refractivity contribution in [1.82, 2.24) is 0 Å². The first kappa shape index (κ1) is 12.8. The van der Waals surface area contributed by atoms with E-state index in [4.69, 9.17) is 16.3 Å². The molecule has 94 valence electrons. The van der Waals surface area contributed by atoms with E-state index in [2.05, 4.69) is 0 Å². The Morgan fingerprint density at radius 1 is 1.53 bits per heavy atom. The second-order valence-electron chi connectivity index (χ2n) is 4.74. The number of hydrogen-bond donors (Lipinski definition) is 1. The normalized spacial score (nSPS) is 19.1. The molecule has 2 nitrogen and oxygen atoms in total. The van der Waals surface area contributed by atoms with Crippen LogP contribution < -0.4 is 0 Å². The highest BCUT2D eigenvalue weighted by atomic mass is 35.5. The molecule has 1 aromatic rings. The average molecular weight is 259 g/mol. The van der Waals surface area contributed by atoms with Gasteiger partial charge in [0.15, 0.2) is 0 Å². The van der Waals surface area contributed by atoms with Gasteiger partial charge in [-0.1, -0.05) is 17.7 Å². The van der Waals surface area contributed by atoms with Crippen molar-refractivity contribution < 1.29 is 14.2 Å². The van der Waals surface area contributed by atoms with Crippen molar-refractivity contribution in [1.29, 1.82) is 0 Å². The van der Waals surface area contributed by atoms with Crippen LogP contribution >= 0.6 is 11.6 Å². The molecule has 0 radical (unpaired) electrons. The van der Waals surface area contributed by atoms with E-state index in [1.54, 1.807) is 13.2 Å². The van der Waals surface area contributed by atoms with Gasteiger partial charge < -0.3 is 9.84 Å². The van der Waals surface area contributed by atoms with E-state index in [0.29, 0.717) is 6.42 Å². The van der Waals surface area contributed by atoms with Crippen molar-refractivity contribution in [3.05, 3.63) is 34.6 Å². The molecule has 1 unspecified atom stereocenters. The van der Waals surface area contributed by atoms with Crippen LogP contribution in [0.3, 0.4) is 0 Å². The van der Waals surface area contributed by atoms with Crippen LogP contribution in [0.25, 0.3) is 0 Å². The molecule has 1 aromatic carbocycles. The summed E-state index contributed by atoms with van der Waals surface area (Å²) in [5, 5.41) is 10.6. The molecule has 17 heavy (non-hydrogen) atoms. The van der Waals surface area contributed by atoms with E-state index >= 15 is 0 Å². The van der Waals surface area contributed by atoms with Crippen LogP contribution in [0.2, 0.25) is 5.02 Å². The van der Waals surface area contributed by atoms with Gasteiger partial charge in [0.2, 0.25) is 0 Å². The van der Waals surface area contributed by atoms with Gasteiger partial charge in [0, 0.05) is 13.5 Å². The van der Waals surface area contributed by atoms with Crippen molar-refractivity contribution in [2.45, 2.75) is 24.9 Å². The van der Waals surface area contributed by atoms with Gasteiger partial charge in [0.05, 0.1) is 17.2 Å². The maximum Gasteiger partial charge on any atom is 0.142 e. The molecular weight excluding hydrogens is 243 g/mol. The van der Waals surface area contributed by atoms with E-state index in [-0.39, 0.29) is 17.5 Å². The molecule has 1 atom stereocenters. The average Bonchev–Trinajstić information content (AvgIpc) is 3.07. The topological polar surface area (TPSA) is 29.5 Å². The lowest BCUT2D eigenvalue weighted by atomic mass is 9.90. The van der Waals surface area contributed by atoms with E-state index in [1.165, 1.54) is 12.1 Å². The van der Waals surface area contributed by atoms with Crippen LogP contribution in [0.1, 0.15) is 18.4 Å². The van der Waals surface area contributed by atoms with Crippen LogP contribution in [0.15, 0.2) is 18.2 Å². The Hall–Kier alpha value is -0.640. The zero-order chi connectivity index (χ0) is 12.5. The van der Waals surface area contributed by atoms with Gasteiger partial charge in [-0.05, 0) is 36.5 Å². The highest BCUT2D eigenvalue weighted by Gasteiger charge is 2.43. The Labute approximate surface area is 105 Å². The standard InChI is InChI=1S/C13H16ClFO2/c1-17-8-13(16,10-3-4-10)7-9-2-5-11(14)12(15)6-9/h2,5-6,10,16H,3-4,7-8H2,1H3. The molecule has 0 bridgehead atoms. The third-order valence-electron chi connectivity index (χ3n) is 3.23. The monoisotopic (exact) mass is 258 g/mol. The highest BCUT2D eigenvalue weighted by molar-refractivity contribution is 6.30. The summed E-state index contributed by atoms with van der Waals surface area (Å²) < 4.78 is 18.4. The third-order valence-corrected chi connectivity index (χ3v) is 3.53. The van der Waals surface area contributed by atoms with Gasteiger partial charge in [0.1, 0.15) is 5.82 Å². The van der Waals surface area contributed by atoms with Gasteiger partial charge in [-0.25, -0.2) is 4.39 Å². The Morgan fingerprint density at radius 2 is 2.24 bits per heavy atom. The molecule has 2 rings (SSSR count). The fraction of sp³-hybridized carbons (Fsp3) is 0.538. The van der Waals surface area contributed by atoms with Gasteiger partial charge in [-0.3, -0.25) is 0 Å². The van der Waals surface area contributed by atoms with E-state index < -0.39 is 11.4 Å². The van der Waals surface area contributed by atoms with Crippen molar-refractivity contribution in [3.63, 3.8) is 0 Å². The largest absolute Gasteiger partial charge is 0.387 e. The van der Waals surface area contributed by atoms with Crippen molar-refractivity contribution in [2.24, 2.45) is 5.92 Å². The van der Waals surface area contributed by atoms with E-state index in [1.807, 2.05) is 0 Å². The molecule has 0 amide bonds. The summed E-state index contributed by atoms with van der Waals surface area (Å²) in [7, 11) is 1.57. The molecule has 0 spiro atoms. The van der Waals surface area contributed by atoms with Crippen LogP contribution in [0, 0.1) is 11.7 Å². The molecule has 1 aliphatic rings.